The zero-order valence-corrected chi connectivity index (χ0v) is 34.6. The van der Waals surface area contributed by atoms with E-state index >= 15 is 0 Å². The Kier molecular flexibility index (Phi) is 10.1. The van der Waals surface area contributed by atoms with Gasteiger partial charge in [0.25, 0.3) is 0 Å². The van der Waals surface area contributed by atoms with Gasteiger partial charge in [-0.05, 0) is 180 Å². The maximum absolute atomic E-state index is 4.58. The molecule has 298 valence electrons. The SMILES string of the molecule is CC12CCCCC1N(C1CC(C3CCC4CCCC[C@H]4C3)C3CCCCC3N1)C1CCC(C3CCC4C(C3)C3CCCCC3N4C3CCCCC3)CC12. The number of likely N-dealkylation sites (tertiary alicyclic amines) is 2. The van der Waals surface area contributed by atoms with Crippen LogP contribution in [0.5, 0.6) is 0 Å². The van der Waals surface area contributed by atoms with Gasteiger partial charge < -0.3 is 0 Å². The van der Waals surface area contributed by atoms with Gasteiger partial charge in [0.05, 0.1) is 6.17 Å². The van der Waals surface area contributed by atoms with E-state index in [4.69, 9.17) is 0 Å². The minimum atomic E-state index is 0.569. The van der Waals surface area contributed by atoms with E-state index in [1.165, 1.54) is 122 Å². The zero-order valence-electron chi connectivity index (χ0n) is 34.6. The number of piperidine rings is 1. The molecule has 0 amide bonds. The van der Waals surface area contributed by atoms with Crippen LogP contribution in [-0.2, 0) is 0 Å². The molecule has 3 saturated heterocycles. The van der Waals surface area contributed by atoms with Crippen LogP contribution in [0.15, 0.2) is 0 Å². The fourth-order valence-corrected chi connectivity index (χ4v) is 19.0. The largest absolute Gasteiger partial charge is 0.299 e. The van der Waals surface area contributed by atoms with Crippen LogP contribution in [0.25, 0.3) is 0 Å². The molecule has 0 radical (unpaired) electrons. The maximum Gasteiger partial charge on any atom is 0.0607 e. The Labute approximate surface area is 327 Å². The molecule has 17 atom stereocenters. The van der Waals surface area contributed by atoms with Crippen molar-refractivity contribution in [2.45, 2.75) is 248 Å². The van der Waals surface area contributed by atoms with Crippen molar-refractivity contribution >= 4 is 0 Å². The first-order valence-electron chi connectivity index (χ1n) is 25.4. The molecule has 8 aliphatic carbocycles. The standard InChI is InChI=1S/C50H83N3/c1-50-28-12-11-21-48(50)53(49-32-41(39-17-7-9-19-44(39)51-49)37-23-22-33-13-5-6-14-34(33)29-37)47-27-25-36(31-43(47)50)35-24-26-46-42(30-35)40-18-8-10-20-45(40)52(46)38-15-3-2-4-16-38/h33-49,51H,2-32H2,1H3/t33?,34-,35?,36?,37?,39?,40?,41?,42?,43?,44?,45?,46?,47?,48?,49?,50?/m0/s1. The number of hydrogen-bond donors (Lipinski definition) is 1. The molecule has 3 aliphatic heterocycles. The molecule has 3 heterocycles. The van der Waals surface area contributed by atoms with Crippen LogP contribution in [-0.4, -0.2) is 52.2 Å². The van der Waals surface area contributed by atoms with Gasteiger partial charge in [0.1, 0.15) is 0 Å². The molecule has 16 unspecified atom stereocenters. The van der Waals surface area contributed by atoms with Crippen molar-refractivity contribution in [3.05, 3.63) is 0 Å². The van der Waals surface area contributed by atoms with Crippen molar-refractivity contribution < 1.29 is 0 Å². The van der Waals surface area contributed by atoms with Gasteiger partial charge in [-0.25, -0.2) is 0 Å². The number of nitrogens with one attached hydrogen (secondary N) is 1. The predicted octanol–water partition coefficient (Wildman–Crippen LogP) is 12.1. The highest BCUT2D eigenvalue weighted by Crippen LogP contribution is 2.62. The third kappa shape index (κ3) is 6.24. The van der Waals surface area contributed by atoms with Crippen molar-refractivity contribution in [2.24, 2.45) is 64.6 Å². The summed E-state index contributed by atoms with van der Waals surface area (Å²) in [6.07, 6.45) is 48.5. The first kappa shape index (κ1) is 36.0. The van der Waals surface area contributed by atoms with E-state index in [9.17, 15) is 0 Å². The van der Waals surface area contributed by atoms with E-state index in [-0.39, 0.29) is 0 Å². The highest BCUT2D eigenvalue weighted by atomic mass is 15.4. The minimum Gasteiger partial charge on any atom is -0.299 e. The number of hydrogen-bond acceptors (Lipinski definition) is 3. The maximum atomic E-state index is 4.58. The molecule has 11 aliphatic rings. The van der Waals surface area contributed by atoms with E-state index in [2.05, 4.69) is 22.0 Å². The third-order valence-corrected chi connectivity index (χ3v) is 21.1. The average Bonchev–Trinajstić information content (AvgIpc) is 3.69. The molecule has 53 heavy (non-hydrogen) atoms. The quantitative estimate of drug-likeness (QED) is 0.311. The normalized spacial score (nSPS) is 53.8. The molecular formula is C50H83N3. The van der Waals surface area contributed by atoms with Crippen LogP contribution >= 0.6 is 0 Å². The van der Waals surface area contributed by atoms with Gasteiger partial charge in [-0.15, -0.1) is 0 Å². The fourth-order valence-electron chi connectivity index (χ4n) is 19.0. The van der Waals surface area contributed by atoms with Crippen LogP contribution in [0.2, 0.25) is 0 Å². The second-order valence-electron chi connectivity index (χ2n) is 23.0. The van der Waals surface area contributed by atoms with Crippen molar-refractivity contribution in [3.8, 4) is 0 Å². The van der Waals surface area contributed by atoms with E-state index in [1.807, 2.05) is 0 Å². The van der Waals surface area contributed by atoms with Crippen LogP contribution in [0, 0.1) is 64.6 Å². The summed E-state index contributed by atoms with van der Waals surface area (Å²) in [5.74, 6) is 10.4. The van der Waals surface area contributed by atoms with Gasteiger partial charge in [-0.3, -0.25) is 15.1 Å². The zero-order chi connectivity index (χ0) is 35.1. The van der Waals surface area contributed by atoms with Crippen LogP contribution in [0.3, 0.4) is 0 Å². The highest BCUT2D eigenvalue weighted by Gasteiger charge is 2.62. The summed E-state index contributed by atoms with van der Waals surface area (Å²) >= 11 is 0. The molecule has 0 bridgehead atoms. The first-order valence-corrected chi connectivity index (χ1v) is 25.4. The molecular weight excluding hydrogens is 643 g/mol. The Morgan fingerprint density at radius 2 is 1.06 bits per heavy atom. The van der Waals surface area contributed by atoms with E-state index in [1.54, 1.807) is 77.0 Å². The second kappa shape index (κ2) is 14.9. The Bertz CT molecular complexity index is 1260. The summed E-state index contributed by atoms with van der Waals surface area (Å²) in [5.41, 5.74) is 0.569. The van der Waals surface area contributed by atoms with Gasteiger partial charge >= 0.3 is 0 Å². The molecule has 11 fully saturated rings. The Morgan fingerprint density at radius 1 is 0.415 bits per heavy atom. The minimum absolute atomic E-state index is 0.569. The monoisotopic (exact) mass is 726 g/mol. The fraction of sp³-hybridized carbons (Fsp3) is 1.00. The number of fused-ring (bicyclic) bond motifs is 8. The Hall–Kier alpha value is -0.120. The topological polar surface area (TPSA) is 18.5 Å². The van der Waals surface area contributed by atoms with Crippen molar-refractivity contribution in [1.82, 2.24) is 15.1 Å². The van der Waals surface area contributed by atoms with Gasteiger partial charge in [0.15, 0.2) is 0 Å². The highest BCUT2D eigenvalue weighted by molar-refractivity contribution is 5.14. The third-order valence-electron chi connectivity index (χ3n) is 21.1. The summed E-state index contributed by atoms with van der Waals surface area (Å²) in [6, 6.07) is 5.43. The lowest BCUT2D eigenvalue weighted by Gasteiger charge is -2.54. The summed E-state index contributed by atoms with van der Waals surface area (Å²) in [4.78, 5) is 6.61. The van der Waals surface area contributed by atoms with Crippen LogP contribution in [0.4, 0.5) is 0 Å². The molecule has 8 saturated carbocycles. The lowest BCUT2D eigenvalue weighted by molar-refractivity contribution is -0.0432. The first-order chi connectivity index (χ1) is 26.1. The Balaban J connectivity index is 0.821. The lowest BCUT2D eigenvalue weighted by Crippen LogP contribution is -2.63. The number of nitrogens with zero attached hydrogens (tertiary/aromatic N) is 2. The smallest absolute Gasteiger partial charge is 0.0607 e. The molecule has 1 N–H and O–H groups in total. The molecule has 3 heteroatoms. The molecule has 11 rings (SSSR count). The average molecular weight is 726 g/mol. The van der Waals surface area contributed by atoms with Gasteiger partial charge in [-0.1, -0.05) is 90.4 Å². The summed E-state index contributed by atoms with van der Waals surface area (Å²) in [7, 11) is 0. The molecule has 3 nitrogen and oxygen atoms in total. The summed E-state index contributed by atoms with van der Waals surface area (Å²) in [6.45, 7) is 2.87. The molecule has 0 aromatic rings. The van der Waals surface area contributed by atoms with Crippen molar-refractivity contribution in [1.29, 1.82) is 0 Å². The molecule has 0 aromatic carbocycles. The van der Waals surface area contributed by atoms with Crippen molar-refractivity contribution in [3.63, 3.8) is 0 Å². The summed E-state index contributed by atoms with van der Waals surface area (Å²) < 4.78 is 0. The van der Waals surface area contributed by atoms with E-state index in [0.717, 1.165) is 95.4 Å². The molecule has 0 spiro atoms. The second-order valence-corrected chi connectivity index (χ2v) is 23.0. The van der Waals surface area contributed by atoms with Crippen molar-refractivity contribution in [2.75, 3.05) is 0 Å². The summed E-state index contributed by atoms with van der Waals surface area (Å²) in [5, 5.41) is 4.58. The van der Waals surface area contributed by atoms with Gasteiger partial charge in [0, 0.05) is 36.3 Å². The van der Waals surface area contributed by atoms with Gasteiger partial charge in [-0.2, -0.15) is 0 Å². The lowest BCUT2D eigenvalue weighted by atomic mass is 9.58. The van der Waals surface area contributed by atoms with Crippen LogP contribution in [0.1, 0.15) is 206 Å². The molecule has 0 aromatic heterocycles. The van der Waals surface area contributed by atoms with E-state index < -0.39 is 0 Å². The number of rotatable bonds is 4. The van der Waals surface area contributed by atoms with Gasteiger partial charge in [0.2, 0.25) is 0 Å². The Morgan fingerprint density at radius 3 is 1.94 bits per heavy atom. The van der Waals surface area contributed by atoms with Crippen LogP contribution < -0.4 is 5.32 Å². The van der Waals surface area contributed by atoms with E-state index in [0.29, 0.717) is 11.6 Å². The predicted molar refractivity (Wildman–Crippen MR) is 219 cm³/mol.